The number of ether oxygens (including phenoxy) is 3. The minimum atomic E-state index is -0.774. The van der Waals surface area contributed by atoms with Gasteiger partial charge in [-0.15, -0.1) is 0 Å². The summed E-state index contributed by atoms with van der Waals surface area (Å²) in [5.41, 5.74) is 0. The summed E-state index contributed by atoms with van der Waals surface area (Å²) in [6, 6.07) is 0. The quantitative estimate of drug-likeness (QED) is 0.0261. The van der Waals surface area contributed by atoms with E-state index in [1.54, 1.807) is 0 Å². The lowest BCUT2D eigenvalue weighted by Gasteiger charge is -2.18. The zero-order valence-electron chi connectivity index (χ0n) is 55.1. The first kappa shape index (κ1) is 78.9. The van der Waals surface area contributed by atoms with Gasteiger partial charge in [0.2, 0.25) is 0 Å². The van der Waals surface area contributed by atoms with Crippen LogP contribution in [0, 0.1) is 0 Å². The number of hydrogen-bond acceptors (Lipinski definition) is 6. The maximum Gasteiger partial charge on any atom is 0.306 e. The number of carbonyl (C=O) groups excluding carboxylic acids is 3. The maximum absolute atomic E-state index is 12.9. The summed E-state index contributed by atoms with van der Waals surface area (Å²) in [6.45, 7) is 6.65. The fourth-order valence-corrected chi connectivity index (χ4v) is 11.4. The van der Waals surface area contributed by atoms with Crippen molar-refractivity contribution in [2.75, 3.05) is 13.2 Å². The van der Waals surface area contributed by atoms with E-state index in [9.17, 15) is 14.4 Å². The molecule has 0 rings (SSSR count). The Morgan fingerprint density at radius 2 is 0.469 bits per heavy atom. The van der Waals surface area contributed by atoms with Crippen LogP contribution in [0.4, 0.5) is 0 Å². The fraction of sp³-hybridized carbons (Fsp3) is 0.907. The molecule has 0 saturated heterocycles. The van der Waals surface area contributed by atoms with Crippen molar-refractivity contribution in [2.45, 2.75) is 425 Å². The third kappa shape index (κ3) is 68.6. The first-order valence-electron chi connectivity index (χ1n) is 36.8. The van der Waals surface area contributed by atoms with Crippen LogP contribution in [-0.2, 0) is 28.6 Å². The van der Waals surface area contributed by atoms with Crippen molar-refractivity contribution in [3.8, 4) is 0 Å². The van der Waals surface area contributed by atoms with E-state index in [1.165, 1.54) is 295 Å². The van der Waals surface area contributed by atoms with Crippen molar-refractivity contribution in [1.82, 2.24) is 0 Å². The predicted molar refractivity (Wildman–Crippen MR) is 353 cm³/mol. The minimum Gasteiger partial charge on any atom is -0.462 e. The van der Waals surface area contributed by atoms with Gasteiger partial charge in [0.15, 0.2) is 6.10 Å². The molecule has 0 heterocycles. The number of unbranched alkanes of at least 4 members (excludes halogenated alkanes) is 54. The highest BCUT2D eigenvalue weighted by Crippen LogP contribution is 2.19. The van der Waals surface area contributed by atoms with E-state index < -0.39 is 6.10 Å². The molecule has 81 heavy (non-hydrogen) atoms. The van der Waals surface area contributed by atoms with Crippen molar-refractivity contribution >= 4 is 17.9 Å². The molecule has 0 spiro atoms. The molecule has 0 aliphatic rings. The van der Waals surface area contributed by atoms with Gasteiger partial charge in [-0.3, -0.25) is 14.4 Å². The van der Waals surface area contributed by atoms with Gasteiger partial charge < -0.3 is 14.2 Å². The predicted octanol–water partition coefficient (Wildman–Crippen LogP) is 25.3. The summed E-state index contributed by atoms with van der Waals surface area (Å²) in [7, 11) is 0. The topological polar surface area (TPSA) is 78.9 Å². The molecule has 0 aliphatic carbocycles. The molecule has 0 N–H and O–H groups in total. The van der Waals surface area contributed by atoms with Crippen LogP contribution in [0.3, 0.4) is 0 Å². The highest BCUT2D eigenvalue weighted by molar-refractivity contribution is 5.71. The normalized spacial score (nSPS) is 12.1. The molecule has 0 bridgehead atoms. The van der Waals surface area contributed by atoms with Crippen LogP contribution in [0.15, 0.2) is 24.3 Å². The maximum atomic E-state index is 12.9. The van der Waals surface area contributed by atoms with Gasteiger partial charge in [0.1, 0.15) is 13.2 Å². The number of allylic oxidation sites excluding steroid dienone is 4. The monoisotopic (exact) mass is 1140 g/mol. The van der Waals surface area contributed by atoms with Crippen LogP contribution in [-0.4, -0.2) is 37.2 Å². The number of carbonyl (C=O) groups is 3. The van der Waals surface area contributed by atoms with E-state index in [2.05, 4.69) is 45.1 Å². The molecule has 6 nitrogen and oxygen atoms in total. The molecule has 0 amide bonds. The zero-order valence-corrected chi connectivity index (χ0v) is 55.1. The summed E-state index contributed by atoms with van der Waals surface area (Å²) in [5, 5.41) is 0. The molecule has 0 aromatic heterocycles. The second-order valence-electron chi connectivity index (χ2n) is 25.2. The Morgan fingerprint density at radius 1 is 0.247 bits per heavy atom. The molecule has 1 unspecified atom stereocenters. The van der Waals surface area contributed by atoms with Crippen LogP contribution >= 0.6 is 0 Å². The number of esters is 3. The van der Waals surface area contributed by atoms with E-state index in [4.69, 9.17) is 14.2 Å². The van der Waals surface area contributed by atoms with E-state index in [-0.39, 0.29) is 31.1 Å². The number of rotatable bonds is 69. The van der Waals surface area contributed by atoms with Gasteiger partial charge in [0.05, 0.1) is 0 Å². The fourth-order valence-electron chi connectivity index (χ4n) is 11.4. The largest absolute Gasteiger partial charge is 0.462 e. The zero-order chi connectivity index (χ0) is 58.5. The summed E-state index contributed by atoms with van der Waals surface area (Å²) in [6.07, 6.45) is 86.6. The van der Waals surface area contributed by atoms with Gasteiger partial charge in [-0.1, -0.05) is 379 Å². The molecule has 1 atom stereocenters. The Balaban J connectivity index is 4.14. The van der Waals surface area contributed by atoms with E-state index in [1.807, 2.05) is 0 Å². The molecule has 0 saturated carbocycles. The molecular weight excluding hydrogens is 997 g/mol. The third-order valence-corrected chi connectivity index (χ3v) is 16.9. The number of hydrogen-bond donors (Lipinski definition) is 0. The molecular formula is C75H142O6. The molecule has 0 aromatic carbocycles. The molecule has 6 heteroatoms. The Bertz CT molecular complexity index is 1310. The highest BCUT2D eigenvalue weighted by Gasteiger charge is 2.20. The van der Waals surface area contributed by atoms with Gasteiger partial charge in [0, 0.05) is 19.3 Å². The first-order chi connectivity index (χ1) is 40.0. The van der Waals surface area contributed by atoms with Crippen LogP contribution in [0.25, 0.3) is 0 Å². The van der Waals surface area contributed by atoms with Gasteiger partial charge in [-0.2, -0.15) is 0 Å². The lowest BCUT2D eigenvalue weighted by atomic mass is 10.0. The smallest absolute Gasteiger partial charge is 0.306 e. The summed E-state index contributed by atoms with van der Waals surface area (Å²) in [4.78, 5) is 38.4. The van der Waals surface area contributed by atoms with Gasteiger partial charge in [-0.25, -0.2) is 0 Å². The lowest BCUT2D eigenvalue weighted by molar-refractivity contribution is -0.167. The van der Waals surface area contributed by atoms with Gasteiger partial charge in [-0.05, 0) is 44.9 Å². The Morgan fingerprint density at radius 3 is 0.728 bits per heavy atom. The second kappa shape index (κ2) is 70.4. The van der Waals surface area contributed by atoms with Gasteiger partial charge in [0.25, 0.3) is 0 Å². The van der Waals surface area contributed by atoms with E-state index in [0.29, 0.717) is 19.3 Å². The lowest BCUT2D eigenvalue weighted by Crippen LogP contribution is -2.30. The minimum absolute atomic E-state index is 0.0693. The van der Waals surface area contributed by atoms with E-state index >= 15 is 0 Å². The standard InChI is InChI=1S/C75H142O6/c1-4-7-10-13-16-19-22-25-27-29-31-33-34-35-36-37-38-39-40-41-42-44-45-47-50-53-56-59-62-65-68-74(77)80-71-72(70-79-73(76)67-64-61-58-55-52-49-24-21-18-15-12-9-6-3)81-75(78)69-66-63-60-57-54-51-48-46-43-32-30-28-26-23-20-17-14-11-8-5-2/h12,15,21,24,72H,4-11,13-14,16-20,22-23,25-71H2,1-3H3/b15-12-,24-21-. The highest BCUT2D eigenvalue weighted by atomic mass is 16.6. The SMILES string of the molecule is CCC/C=C\C/C=C\CCCCCCCC(=O)OCC(COC(=O)CCCCCCCCCCCCCCCCCCCCCCCCCCCCCCCC)OC(=O)CCCCCCCCCCCCCCCCCCCCCC. The Kier molecular flexibility index (Phi) is 68.5. The average molecular weight is 1140 g/mol. The Labute approximate surface area is 506 Å². The summed E-state index contributed by atoms with van der Waals surface area (Å²) < 4.78 is 17.0. The Hall–Kier alpha value is -2.11. The summed E-state index contributed by atoms with van der Waals surface area (Å²) in [5.74, 6) is -0.851. The van der Waals surface area contributed by atoms with Crippen molar-refractivity contribution in [3.63, 3.8) is 0 Å². The van der Waals surface area contributed by atoms with Crippen LogP contribution in [0.2, 0.25) is 0 Å². The van der Waals surface area contributed by atoms with Gasteiger partial charge >= 0.3 is 17.9 Å². The van der Waals surface area contributed by atoms with Crippen LogP contribution in [0.1, 0.15) is 419 Å². The first-order valence-corrected chi connectivity index (χ1v) is 36.8. The molecule has 0 aliphatic heterocycles. The third-order valence-electron chi connectivity index (χ3n) is 16.9. The van der Waals surface area contributed by atoms with Crippen molar-refractivity contribution in [2.24, 2.45) is 0 Å². The van der Waals surface area contributed by atoms with Crippen LogP contribution in [0.5, 0.6) is 0 Å². The van der Waals surface area contributed by atoms with Crippen molar-refractivity contribution in [1.29, 1.82) is 0 Å². The summed E-state index contributed by atoms with van der Waals surface area (Å²) >= 11 is 0. The molecule has 0 radical (unpaired) electrons. The molecule has 0 aromatic rings. The average Bonchev–Trinajstić information content (AvgIpc) is 3.46. The second-order valence-corrected chi connectivity index (χ2v) is 25.2. The van der Waals surface area contributed by atoms with Crippen LogP contribution < -0.4 is 0 Å². The molecule has 0 fully saturated rings. The van der Waals surface area contributed by atoms with Crippen molar-refractivity contribution in [3.05, 3.63) is 24.3 Å². The van der Waals surface area contributed by atoms with Crippen molar-refractivity contribution < 1.29 is 28.6 Å². The van der Waals surface area contributed by atoms with E-state index in [0.717, 1.165) is 83.5 Å². The molecule has 478 valence electrons.